The Balaban J connectivity index is 1.54. The molecule has 0 radical (unpaired) electrons. The van der Waals surface area contributed by atoms with Crippen molar-refractivity contribution in [1.29, 1.82) is 0 Å². The predicted molar refractivity (Wildman–Crippen MR) is 94.7 cm³/mol. The van der Waals surface area contributed by atoms with Crippen LogP contribution in [0.5, 0.6) is 0 Å². The summed E-state index contributed by atoms with van der Waals surface area (Å²) in [7, 11) is 0. The minimum absolute atomic E-state index is 0.322. The van der Waals surface area contributed by atoms with Crippen molar-refractivity contribution in [2.24, 2.45) is 16.5 Å². The van der Waals surface area contributed by atoms with Crippen molar-refractivity contribution in [3.8, 4) is 0 Å². The van der Waals surface area contributed by atoms with Gasteiger partial charge in [0.1, 0.15) is 30.2 Å². The zero-order valence-electron chi connectivity index (χ0n) is 14.0. The molecule has 146 valence electrons. The molecule has 0 aromatic heterocycles. The molecule has 6 atom stereocenters. The molecule has 1 unspecified atom stereocenters. The molecule has 1 fully saturated rings. The summed E-state index contributed by atoms with van der Waals surface area (Å²) < 4.78 is 5.87. The van der Waals surface area contributed by atoms with Crippen molar-refractivity contribution in [2.45, 2.75) is 43.2 Å². The Kier molecular flexibility index (Phi) is 5.89. The van der Waals surface area contributed by atoms with Crippen LogP contribution in [0.4, 0.5) is 0 Å². The quantitative estimate of drug-likeness (QED) is 0.220. The van der Waals surface area contributed by atoms with Crippen molar-refractivity contribution in [2.75, 3.05) is 18.2 Å². The van der Waals surface area contributed by atoms with E-state index in [1.54, 1.807) is 4.90 Å². The number of aliphatic hydroxyl groups excluding tert-OH is 2. The van der Waals surface area contributed by atoms with E-state index >= 15 is 0 Å². The standard InChI is InChI=1S/C14H24N6O5S/c15-6(14(23)24)1-2-26-3-7-9(21)10(22)13(25-7)20-5-19-8-11(16)17-4-18-12(8)20/h4,6-7,9-11,13,19,21-22H,1-3,5,15-16H2,(H,17,18)(H,23,24)/t6-,7+,9+,10+,11?,13+/m0/s1. The number of aliphatic imine (C=N–C) groups is 1. The molecule has 26 heavy (non-hydrogen) atoms. The van der Waals surface area contributed by atoms with Gasteiger partial charge >= 0.3 is 5.97 Å². The number of ether oxygens (including phenoxy) is 1. The minimum Gasteiger partial charge on any atom is -0.480 e. The molecular formula is C14H24N6O5S. The predicted octanol–water partition coefficient (Wildman–Crippen LogP) is -3.08. The number of thioether (sulfide) groups is 1. The molecule has 0 bridgehead atoms. The number of nitrogens with one attached hydrogen (secondary N) is 2. The number of aliphatic hydroxyl groups is 2. The Labute approximate surface area is 154 Å². The molecule has 9 N–H and O–H groups in total. The number of carboxylic acids is 1. The Morgan fingerprint density at radius 2 is 2.27 bits per heavy atom. The minimum atomic E-state index is -1.09. The third-order valence-corrected chi connectivity index (χ3v) is 5.62. The van der Waals surface area contributed by atoms with E-state index in [0.717, 1.165) is 0 Å². The average Bonchev–Trinajstić information content (AvgIpc) is 3.15. The highest BCUT2D eigenvalue weighted by Gasteiger charge is 2.47. The van der Waals surface area contributed by atoms with Crippen LogP contribution in [0, 0.1) is 0 Å². The highest BCUT2D eigenvalue weighted by atomic mass is 32.2. The lowest BCUT2D eigenvalue weighted by Crippen LogP contribution is -2.46. The first-order valence-electron chi connectivity index (χ1n) is 8.26. The van der Waals surface area contributed by atoms with E-state index in [9.17, 15) is 15.0 Å². The van der Waals surface area contributed by atoms with Crippen LogP contribution < -0.4 is 22.1 Å². The van der Waals surface area contributed by atoms with Crippen molar-refractivity contribution in [3.63, 3.8) is 0 Å². The van der Waals surface area contributed by atoms with Crippen LogP contribution in [0.15, 0.2) is 16.5 Å². The Bertz CT molecular complexity index is 604. The number of hydrogen-bond donors (Lipinski definition) is 7. The van der Waals surface area contributed by atoms with E-state index in [2.05, 4.69) is 15.6 Å². The summed E-state index contributed by atoms with van der Waals surface area (Å²) in [6, 6.07) is -0.903. The first kappa shape index (κ1) is 19.2. The van der Waals surface area contributed by atoms with E-state index in [1.165, 1.54) is 18.1 Å². The second-order valence-electron chi connectivity index (χ2n) is 6.29. The first-order valence-corrected chi connectivity index (χ1v) is 9.41. The van der Waals surface area contributed by atoms with E-state index in [4.69, 9.17) is 21.3 Å². The highest BCUT2D eigenvalue weighted by molar-refractivity contribution is 7.99. The lowest BCUT2D eigenvalue weighted by molar-refractivity contribution is -0.138. The van der Waals surface area contributed by atoms with E-state index < -0.39 is 42.7 Å². The number of rotatable bonds is 7. The van der Waals surface area contributed by atoms with Crippen LogP contribution >= 0.6 is 11.8 Å². The van der Waals surface area contributed by atoms with Gasteiger partial charge in [0, 0.05) is 5.75 Å². The normalized spacial score (nSPS) is 34.5. The SMILES string of the molecule is NC1N=CNC2=C1NCN2[C@@H]1O[C@H](CSCC[C@H](N)C(=O)O)[C@@H](O)[C@H]1O. The zero-order chi connectivity index (χ0) is 18.8. The largest absolute Gasteiger partial charge is 0.480 e. The summed E-state index contributed by atoms with van der Waals surface area (Å²) in [5.74, 6) is 0.576. The van der Waals surface area contributed by atoms with E-state index in [-0.39, 0.29) is 0 Å². The van der Waals surface area contributed by atoms with Gasteiger partial charge in [-0.05, 0) is 12.2 Å². The summed E-state index contributed by atoms with van der Waals surface area (Å²) in [5.41, 5.74) is 12.1. The summed E-state index contributed by atoms with van der Waals surface area (Å²) in [4.78, 5) is 16.5. The molecule has 11 nitrogen and oxygen atoms in total. The van der Waals surface area contributed by atoms with Crippen LogP contribution in [0.2, 0.25) is 0 Å². The van der Waals surface area contributed by atoms with Crippen LogP contribution in [0.25, 0.3) is 0 Å². The van der Waals surface area contributed by atoms with Crippen molar-refractivity contribution in [3.05, 3.63) is 11.5 Å². The number of hydrogen-bond acceptors (Lipinski definition) is 11. The number of carbonyl (C=O) groups is 1. The fraction of sp³-hybridized carbons (Fsp3) is 0.714. The van der Waals surface area contributed by atoms with Crippen LogP contribution in [-0.4, -0.2) is 87.4 Å². The zero-order valence-corrected chi connectivity index (χ0v) is 14.8. The second-order valence-corrected chi connectivity index (χ2v) is 7.44. The lowest BCUT2D eigenvalue weighted by atomic mass is 10.1. The van der Waals surface area contributed by atoms with Crippen LogP contribution in [0.3, 0.4) is 0 Å². The molecule has 0 spiro atoms. The molecule has 0 saturated carbocycles. The molecule has 0 aliphatic carbocycles. The second kappa shape index (κ2) is 7.98. The van der Waals surface area contributed by atoms with Gasteiger partial charge in [-0.2, -0.15) is 11.8 Å². The number of nitrogens with two attached hydrogens (primary N) is 2. The van der Waals surface area contributed by atoms with Gasteiger partial charge in [-0.15, -0.1) is 0 Å². The monoisotopic (exact) mass is 388 g/mol. The van der Waals surface area contributed by atoms with Gasteiger partial charge in [-0.3, -0.25) is 9.79 Å². The maximum absolute atomic E-state index is 10.7. The highest BCUT2D eigenvalue weighted by Crippen LogP contribution is 2.31. The van der Waals surface area contributed by atoms with Crippen LogP contribution in [0.1, 0.15) is 6.42 Å². The van der Waals surface area contributed by atoms with Crippen LogP contribution in [-0.2, 0) is 9.53 Å². The molecule has 0 amide bonds. The van der Waals surface area contributed by atoms with Crippen molar-refractivity contribution < 1.29 is 24.9 Å². The van der Waals surface area contributed by atoms with Gasteiger partial charge in [-0.1, -0.05) is 0 Å². The molecule has 12 heteroatoms. The third-order valence-electron chi connectivity index (χ3n) is 4.53. The molecule has 3 aliphatic heterocycles. The Hall–Kier alpha value is -1.57. The van der Waals surface area contributed by atoms with Gasteiger partial charge in [0.05, 0.1) is 24.8 Å². The fourth-order valence-electron chi connectivity index (χ4n) is 3.02. The van der Waals surface area contributed by atoms with Crippen molar-refractivity contribution in [1.82, 2.24) is 15.5 Å². The number of carboxylic acid groups (broad SMARTS) is 1. The molecule has 0 aromatic rings. The first-order chi connectivity index (χ1) is 12.4. The van der Waals surface area contributed by atoms with E-state index in [1.807, 2.05) is 0 Å². The molecular weight excluding hydrogens is 364 g/mol. The maximum Gasteiger partial charge on any atom is 0.320 e. The van der Waals surface area contributed by atoms with Gasteiger partial charge < -0.3 is 47.1 Å². The average molecular weight is 388 g/mol. The van der Waals surface area contributed by atoms with E-state index in [0.29, 0.717) is 36.1 Å². The topological polar surface area (TPSA) is 179 Å². The maximum atomic E-state index is 10.7. The summed E-state index contributed by atoms with van der Waals surface area (Å²) in [6.45, 7) is 0.372. The Morgan fingerprint density at radius 3 is 3.00 bits per heavy atom. The fourth-order valence-corrected chi connectivity index (χ4v) is 4.12. The lowest BCUT2D eigenvalue weighted by Gasteiger charge is -2.30. The van der Waals surface area contributed by atoms with Gasteiger partial charge in [0.15, 0.2) is 6.23 Å². The molecule has 3 heterocycles. The molecule has 0 aromatic carbocycles. The Morgan fingerprint density at radius 1 is 1.50 bits per heavy atom. The summed E-state index contributed by atoms with van der Waals surface area (Å²) >= 11 is 1.43. The molecule has 3 aliphatic rings. The molecule has 3 rings (SSSR count). The van der Waals surface area contributed by atoms with Gasteiger partial charge in [-0.25, -0.2) is 0 Å². The summed E-state index contributed by atoms with van der Waals surface area (Å²) in [6.07, 6.45) is -2.14. The number of nitrogens with zero attached hydrogens (tertiary/aromatic N) is 2. The van der Waals surface area contributed by atoms with Gasteiger partial charge in [0.2, 0.25) is 0 Å². The third kappa shape index (κ3) is 3.75. The number of aliphatic carboxylic acids is 1. The van der Waals surface area contributed by atoms with Crippen molar-refractivity contribution >= 4 is 24.1 Å². The summed E-state index contributed by atoms with van der Waals surface area (Å²) in [5, 5.41) is 35.6. The smallest absolute Gasteiger partial charge is 0.320 e. The van der Waals surface area contributed by atoms with Gasteiger partial charge in [0.25, 0.3) is 0 Å². The molecule has 1 saturated heterocycles.